The van der Waals surface area contributed by atoms with E-state index in [4.69, 9.17) is 32.4 Å². The molecular weight excluding hydrogens is 586 g/mol. The van der Waals surface area contributed by atoms with Gasteiger partial charge in [0.15, 0.2) is 5.76 Å². The highest BCUT2D eigenvalue weighted by atomic mass is 35.5. The zero-order valence-corrected chi connectivity index (χ0v) is 22.8. The third kappa shape index (κ3) is 5.20. The van der Waals surface area contributed by atoms with E-state index in [0.29, 0.717) is 26.9 Å². The average Bonchev–Trinajstić information content (AvgIpc) is 3.39. The molecule has 0 amide bonds. The van der Waals surface area contributed by atoms with Crippen LogP contribution in [0.25, 0.3) is 33.5 Å². The van der Waals surface area contributed by atoms with Crippen molar-refractivity contribution in [3.63, 3.8) is 0 Å². The van der Waals surface area contributed by atoms with Crippen molar-refractivity contribution in [1.29, 1.82) is 0 Å². The molecule has 2 heterocycles. The molecule has 12 heteroatoms. The number of halogens is 3. The highest BCUT2D eigenvalue weighted by Gasteiger charge is 2.22. The first-order valence-corrected chi connectivity index (χ1v) is 13.1. The highest BCUT2D eigenvalue weighted by Crippen LogP contribution is 2.37. The standard InChI is InChI=1S/C30H17Cl2FN4O5/c31-20-9-10-26-19(13-20)14-27(42-26)29-35-24-8-4-2-6-21(24)30(38)36(29)34-15-17-11-22(32)28(25(12-17)37(39)40)41-16-18-5-1-3-7-23(18)33/h1-15H,16H2. The Morgan fingerprint density at radius 2 is 1.83 bits per heavy atom. The summed E-state index contributed by atoms with van der Waals surface area (Å²) in [5.41, 5.74) is 0.414. The number of hydrogen-bond acceptors (Lipinski definition) is 7. The van der Waals surface area contributed by atoms with Gasteiger partial charge >= 0.3 is 5.69 Å². The molecule has 6 rings (SSSR count). The minimum Gasteiger partial charge on any atom is -0.481 e. The molecular formula is C30H17Cl2FN4O5. The number of nitro groups is 1. The number of hydrogen-bond donors (Lipinski definition) is 0. The van der Waals surface area contributed by atoms with Crippen LogP contribution in [0.4, 0.5) is 10.1 Å². The van der Waals surface area contributed by atoms with Crippen molar-refractivity contribution in [2.45, 2.75) is 6.61 Å². The van der Waals surface area contributed by atoms with Gasteiger partial charge in [-0.05, 0) is 48.5 Å². The van der Waals surface area contributed by atoms with Crippen LogP contribution in [-0.2, 0) is 6.61 Å². The van der Waals surface area contributed by atoms with Crippen molar-refractivity contribution in [3.05, 3.63) is 132 Å². The first-order chi connectivity index (χ1) is 20.3. The molecule has 0 aliphatic heterocycles. The van der Waals surface area contributed by atoms with Gasteiger partial charge < -0.3 is 9.15 Å². The summed E-state index contributed by atoms with van der Waals surface area (Å²) < 4.78 is 26.6. The van der Waals surface area contributed by atoms with E-state index in [0.717, 1.165) is 4.68 Å². The second-order valence-corrected chi connectivity index (χ2v) is 9.94. The van der Waals surface area contributed by atoms with E-state index < -0.39 is 22.0 Å². The minimum absolute atomic E-state index is 0.0969. The highest BCUT2D eigenvalue weighted by molar-refractivity contribution is 6.32. The number of aromatic nitrogens is 2. The van der Waals surface area contributed by atoms with Crippen molar-refractivity contribution in [2.75, 3.05) is 0 Å². The summed E-state index contributed by atoms with van der Waals surface area (Å²) in [5, 5.41) is 17.6. The van der Waals surface area contributed by atoms with Gasteiger partial charge in [0.05, 0.1) is 27.1 Å². The first-order valence-electron chi connectivity index (χ1n) is 12.4. The first kappa shape index (κ1) is 27.1. The number of para-hydroxylation sites is 1. The zero-order valence-electron chi connectivity index (χ0n) is 21.3. The molecule has 4 aromatic carbocycles. The molecule has 0 spiro atoms. The number of nitro benzene ring substituents is 1. The van der Waals surface area contributed by atoms with Crippen LogP contribution in [0.5, 0.6) is 5.75 Å². The van der Waals surface area contributed by atoms with Crippen molar-refractivity contribution >= 4 is 57.0 Å². The number of furan rings is 1. The quantitative estimate of drug-likeness (QED) is 0.105. The molecule has 0 bridgehead atoms. The van der Waals surface area contributed by atoms with Gasteiger partial charge in [0.25, 0.3) is 5.56 Å². The van der Waals surface area contributed by atoms with E-state index in [1.165, 1.54) is 36.5 Å². The van der Waals surface area contributed by atoms with Gasteiger partial charge in [0, 0.05) is 27.6 Å². The average molecular weight is 603 g/mol. The molecule has 42 heavy (non-hydrogen) atoms. The normalized spacial score (nSPS) is 11.5. The Bertz CT molecular complexity index is 2110. The van der Waals surface area contributed by atoms with Crippen molar-refractivity contribution in [2.24, 2.45) is 5.10 Å². The molecule has 0 aliphatic carbocycles. The van der Waals surface area contributed by atoms with Gasteiger partial charge in [-0.15, -0.1) is 0 Å². The van der Waals surface area contributed by atoms with Crippen LogP contribution < -0.4 is 10.3 Å². The van der Waals surface area contributed by atoms with Gasteiger partial charge in [-0.25, -0.2) is 9.37 Å². The number of nitrogens with zero attached hydrogens (tertiary/aromatic N) is 4. The van der Waals surface area contributed by atoms with Gasteiger partial charge in [-0.2, -0.15) is 9.78 Å². The van der Waals surface area contributed by atoms with E-state index in [9.17, 15) is 19.3 Å². The molecule has 0 fully saturated rings. The van der Waals surface area contributed by atoms with Crippen LogP contribution in [0.2, 0.25) is 10.0 Å². The van der Waals surface area contributed by atoms with Crippen molar-refractivity contribution in [3.8, 4) is 17.3 Å². The van der Waals surface area contributed by atoms with Crippen LogP contribution in [-0.4, -0.2) is 20.8 Å². The molecule has 0 unspecified atom stereocenters. The molecule has 6 aromatic rings. The summed E-state index contributed by atoms with van der Waals surface area (Å²) in [6.45, 7) is -0.273. The molecule has 0 radical (unpaired) electrons. The second-order valence-electron chi connectivity index (χ2n) is 9.10. The fourth-order valence-corrected chi connectivity index (χ4v) is 4.81. The van der Waals surface area contributed by atoms with Gasteiger partial charge in [0.2, 0.25) is 11.6 Å². The van der Waals surface area contributed by atoms with E-state index in [2.05, 4.69) is 10.1 Å². The second kappa shape index (κ2) is 11.1. The SMILES string of the molecule is O=c1c2ccccc2nc(-c2cc3cc(Cl)ccc3o2)n1N=Cc1cc(Cl)c(OCc2ccccc2F)c([N+](=O)[O-])c1. The lowest BCUT2D eigenvalue weighted by Gasteiger charge is -2.10. The van der Waals surface area contributed by atoms with Crippen LogP contribution in [0, 0.1) is 15.9 Å². The topological polar surface area (TPSA) is 113 Å². The molecule has 0 aliphatic rings. The summed E-state index contributed by atoms with van der Waals surface area (Å²) >= 11 is 12.5. The zero-order chi connectivity index (χ0) is 29.4. The number of rotatable bonds is 7. The molecule has 0 saturated heterocycles. The summed E-state index contributed by atoms with van der Waals surface area (Å²) in [6.07, 6.45) is 1.24. The Balaban J connectivity index is 1.42. The molecule has 0 N–H and O–H groups in total. The predicted molar refractivity (Wildman–Crippen MR) is 158 cm³/mol. The maximum absolute atomic E-state index is 14.0. The van der Waals surface area contributed by atoms with Gasteiger partial charge in [-0.3, -0.25) is 14.9 Å². The summed E-state index contributed by atoms with van der Waals surface area (Å²) in [4.78, 5) is 29.3. The smallest absolute Gasteiger partial charge is 0.313 e. The third-order valence-corrected chi connectivity index (χ3v) is 6.86. The van der Waals surface area contributed by atoms with Crippen LogP contribution >= 0.6 is 23.2 Å². The lowest BCUT2D eigenvalue weighted by molar-refractivity contribution is -0.385. The van der Waals surface area contributed by atoms with E-state index in [1.807, 2.05) is 0 Å². The maximum Gasteiger partial charge on any atom is 0.313 e. The van der Waals surface area contributed by atoms with Gasteiger partial charge in [-0.1, -0.05) is 53.5 Å². The Morgan fingerprint density at radius 3 is 2.64 bits per heavy atom. The van der Waals surface area contributed by atoms with Crippen molar-refractivity contribution < 1.29 is 18.5 Å². The Labute approximate surface area is 246 Å². The van der Waals surface area contributed by atoms with Gasteiger partial charge in [0.1, 0.15) is 18.0 Å². The number of benzene rings is 4. The number of ether oxygens (including phenoxy) is 1. The number of fused-ring (bicyclic) bond motifs is 2. The molecule has 2 aromatic heterocycles. The Morgan fingerprint density at radius 1 is 1.05 bits per heavy atom. The lowest BCUT2D eigenvalue weighted by atomic mass is 10.2. The minimum atomic E-state index is -0.672. The fourth-order valence-electron chi connectivity index (χ4n) is 4.36. The lowest BCUT2D eigenvalue weighted by Crippen LogP contribution is -2.20. The van der Waals surface area contributed by atoms with Crippen molar-refractivity contribution in [1.82, 2.24) is 9.66 Å². The molecule has 208 valence electrons. The predicted octanol–water partition coefficient (Wildman–Crippen LogP) is 7.63. The van der Waals surface area contributed by atoms with Crippen LogP contribution in [0.15, 0.2) is 99.2 Å². The Kier molecular flexibility index (Phi) is 7.15. The monoisotopic (exact) mass is 602 g/mol. The summed E-state index contributed by atoms with van der Waals surface area (Å²) in [7, 11) is 0. The van der Waals surface area contributed by atoms with E-state index in [-0.39, 0.29) is 40.1 Å². The molecule has 0 atom stereocenters. The summed E-state index contributed by atoms with van der Waals surface area (Å²) in [6, 6.07) is 22.0. The van der Waals surface area contributed by atoms with E-state index >= 15 is 0 Å². The maximum atomic E-state index is 14.0. The van der Waals surface area contributed by atoms with Crippen LogP contribution in [0.1, 0.15) is 11.1 Å². The summed E-state index contributed by atoms with van der Waals surface area (Å²) in [5.74, 6) is -0.382. The third-order valence-electron chi connectivity index (χ3n) is 6.35. The van der Waals surface area contributed by atoms with Crippen LogP contribution in [0.3, 0.4) is 0 Å². The molecule has 9 nitrogen and oxygen atoms in total. The Hall–Kier alpha value is -5.06. The van der Waals surface area contributed by atoms with E-state index in [1.54, 1.807) is 54.6 Å². The molecule has 0 saturated carbocycles. The fraction of sp³-hybridized carbons (Fsp3) is 0.0333. The largest absolute Gasteiger partial charge is 0.481 e.